The van der Waals surface area contributed by atoms with Gasteiger partial charge in [0, 0.05) is 0 Å². The van der Waals surface area contributed by atoms with E-state index in [1.807, 2.05) is 0 Å². The van der Waals surface area contributed by atoms with Gasteiger partial charge >= 0.3 is 0 Å². The maximum atomic E-state index is 6.10. The van der Waals surface area contributed by atoms with Crippen molar-refractivity contribution in [3.63, 3.8) is 0 Å². The van der Waals surface area contributed by atoms with E-state index < -0.39 is 0 Å². The molecule has 1 unspecified atom stereocenters. The van der Waals surface area contributed by atoms with E-state index in [2.05, 4.69) is 51.2 Å². The molecule has 3 nitrogen and oxygen atoms in total. The summed E-state index contributed by atoms with van der Waals surface area (Å²) in [5.41, 5.74) is 3.29. The fourth-order valence-electron chi connectivity index (χ4n) is 3.33. The number of nitrogens with one attached hydrogen (secondary N) is 1. The van der Waals surface area contributed by atoms with Gasteiger partial charge in [-0.1, -0.05) is 40.2 Å². The van der Waals surface area contributed by atoms with E-state index in [0.717, 1.165) is 42.8 Å². The summed E-state index contributed by atoms with van der Waals surface area (Å²) in [5.74, 6) is 0.878. The third-order valence-corrected chi connectivity index (χ3v) is 4.58. The molecule has 0 saturated carbocycles. The molecule has 1 aromatic carbocycles. The summed E-state index contributed by atoms with van der Waals surface area (Å²) in [6.07, 6.45) is 4.55. The number of rotatable bonds is 3. The van der Waals surface area contributed by atoms with Crippen molar-refractivity contribution in [1.29, 1.82) is 0 Å². The Hall–Kier alpha value is -1.35. The molecule has 2 aromatic rings. The van der Waals surface area contributed by atoms with Gasteiger partial charge in [0.25, 0.3) is 0 Å². The average molecular weight is 286 g/mol. The first-order chi connectivity index (χ1) is 9.94. The molecule has 3 heteroatoms. The van der Waals surface area contributed by atoms with E-state index in [9.17, 15) is 0 Å². The third kappa shape index (κ3) is 2.59. The van der Waals surface area contributed by atoms with E-state index in [0.29, 0.717) is 0 Å². The Morgan fingerprint density at radius 1 is 1.33 bits per heavy atom. The fourth-order valence-corrected chi connectivity index (χ4v) is 3.33. The van der Waals surface area contributed by atoms with Crippen molar-refractivity contribution in [3.05, 3.63) is 29.7 Å². The predicted molar refractivity (Wildman–Crippen MR) is 86.5 cm³/mol. The highest BCUT2D eigenvalue weighted by atomic mass is 16.4. The topological polar surface area (TPSA) is 38.1 Å². The minimum Gasteiger partial charge on any atom is -0.439 e. The number of fused-ring (bicyclic) bond motifs is 1. The van der Waals surface area contributed by atoms with Gasteiger partial charge < -0.3 is 9.73 Å². The van der Waals surface area contributed by atoms with E-state index in [-0.39, 0.29) is 11.0 Å². The molecule has 0 amide bonds. The average Bonchev–Trinajstić information content (AvgIpc) is 3.03. The highest BCUT2D eigenvalue weighted by molar-refractivity contribution is 5.74. The van der Waals surface area contributed by atoms with Crippen molar-refractivity contribution in [2.45, 2.75) is 64.3 Å². The molecule has 0 aliphatic carbocycles. The number of aromatic nitrogens is 1. The summed E-state index contributed by atoms with van der Waals surface area (Å²) < 4.78 is 6.10. The second kappa shape index (κ2) is 5.13. The van der Waals surface area contributed by atoms with Gasteiger partial charge in [-0.05, 0) is 48.9 Å². The largest absolute Gasteiger partial charge is 0.439 e. The van der Waals surface area contributed by atoms with Crippen molar-refractivity contribution in [1.82, 2.24) is 10.3 Å². The molecular weight excluding hydrogens is 260 g/mol. The van der Waals surface area contributed by atoms with E-state index >= 15 is 0 Å². The molecule has 1 aromatic heterocycles. The van der Waals surface area contributed by atoms with Crippen molar-refractivity contribution in [2.24, 2.45) is 0 Å². The Morgan fingerprint density at radius 2 is 2.14 bits per heavy atom. The molecule has 3 rings (SSSR count). The second-order valence-corrected chi connectivity index (χ2v) is 7.31. The number of benzene rings is 1. The normalized spacial score (nSPS) is 23.0. The van der Waals surface area contributed by atoms with Crippen LogP contribution in [0.25, 0.3) is 11.1 Å². The maximum absolute atomic E-state index is 6.10. The van der Waals surface area contributed by atoms with Gasteiger partial charge in [0.05, 0.1) is 5.54 Å². The van der Waals surface area contributed by atoms with E-state index in [1.54, 1.807) is 0 Å². The quantitative estimate of drug-likeness (QED) is 0.902. The number of nitrogens with zero attached hydrogens (tertiary/aromatic N) is 1. The van der Waals surface area contributed by atoms with Crippen molar-refractivity contribution in [2.75, 3.05) is 6.54 Å². The van der Waals surface area contributed by atoms with Crippen LogP contribution in [0.1, 0.15) is 64.8 Å². The smallest absolute Gasteiger partial charge is 0.215 e. The van der Waals surface area contributed by atoms with Crippen molar-refractivity contribution >= 4 is 11.1 Å². The first-order valence-electron chi connectivity index (χ1n) is 8.11. The highest BCUT2D eigenvalue weighted by Crippen LogP contribution is 2.37. The first kappa shape index (κ1) is 14.6. The van der Waals surface area contributed by atoms with Crippen molar-refractivity contribution in [3.8, 4) is 0 Å². The van der Waals surface area contributed by atoms with Crippen LogP contribution in [-0.4, -0.2) is 11.5 Å². The van der Waals surface area contributed by atoms with Crippen LogP contribution in [0.15, 0.2) is 22.6 Å². The summed E-state index contributed by atoms with van der Waals surface area (Å²) in [4.78, 5) is 4.83. The molecule has 1 aliphatic heterocycles. The number of oxazole rings is 1. The molecule has 2 heterocycles. The van der Waals surface area contributed by atoms with Crippen LogP contribution >= 0.6 is 0 Å². The summed E-state index contributed by atoms with van der Waals surface area (Å²) >= 11 is 0. The van der Waals surface area contributed by atoms with E-state index in [1.165, 1.54) is 12.0 Å². The van der Waals surface area contributed by atoms with Crippen LogP contribution in [0.2, 0.25) is 0 Å². The minimum absolute atomic E-state index is 0.0460. The monoisotopic (exact) mass is 286 g/mol. The van der Waals surface area contributed by atoms with Crippen LogP contribution < -0.4 is 5.32 Å². The zero-order chi connectivity index (χ0) is 15.1. The summed E-state index contributed by atoms with van der Waals surface area (Å²) in [6, 6.07) is 6.41. The molecule has 1 saturated heterocycles. The Balaban J connectivity index is 2.04. The molecule has 1 atom stereocenters. The van der Waals surface area contributed by atoms with Gasteiger partial charge in [0.15, 0.2) is 5.58 Å². The summed E-state index contributed by atoms with van der Waals surface area (Å²) in [5, 5.41) is 3.64. The van der Waals surface area contributed by atoms with Gasteiger partial charge in [0.1, 0.15) is 5.52 Å². The Bertz CT molecular complexity index is 630. The zero-order valence-electron chi connectivity index (χ0n) is 13.6. The highest BCUT2D eigenvalue weighted by Gasteiger charge is 2.39. The zero-order valence-corrected chi connectivity index (χ0v) is 13.6. The molecule has 1 fully saturated rings. The molecule has 1 aliphatic rings. The molecule has 0 bridgehead atoms. The van der Waals surface area contributed by atoms with E-state index in [4.69, 9.17) is 9.40 Å². The Labute approximate surface area is 127 Å². The lowest BCUT2D eigenvalue weighted by atomic mass is 9.87. The van der Waals surface area contributed by atoms with Gasteiger partial charge in [-0.15, -0.1) is 0 Å². The molecule has 114 valence electrons. The van der Waals surface area contributed by atoms with Crippen LogP contribution in [0, 0.1) is 0 Å². The van der Waals surface area contributed by atoms with Gasteiger partial charge in [0.2, 0.25) is 5.89 Å². The molecule has 1 N–H and O–H groups in total. The van der Waals surface area contributed by atoms with Crippen LogP contribution in [0.3, 0.4) is 0 Å². The van der Waals surface area contributed by atoms with Crippen LogP contribution in [-0.2, 0) is 11.0 Å². The van der Waals surface area contributed by atoms with Crippen molar-refractivity contribution < 1.29 is 4.42 Å². The molecular formula is C18H26N2O. The second-order valence-electron chi connectivity index (χ2n) is 7.31. The Kier molecular flexibility index (Phi) is 3.56. The first-order valence-corrected chi connectivity index (χ1v) is 8.11. The fraction of sp³-hybridized carbons (Fsp3) is 0.611. The molecule has 0 radical (unpaired) electrons. The van der Waals surface area contributed by atoms with Gasteiger partial charge in [-0.25, -0.2) is 4.98 Å². The summed E-state index contributed by atoms with van der Waals surface area (Å²) in [7, 11) is 0. The molecule has 0 spiro atoms. The summed E-state index contributed by atoms with van der Waals surface area (Å²) in [6.45, 7) is 9.97. The Morgan fingerprint density at radius 3 is 2.76 bits per heavy atom. The lowest BCUT2D eigenvalue weighted by Crippen LogP contribution is -2.36. The van der Waals surface area contributed by atoms with Crippen LogP contribution in [0.4, 0.5) is 0 Å². The van der Waals surface area contributed by atoms with Gasteiger partial charge in [-0.3, -0.25) is 0 Å². The number of hydrogen-bond donors (Lipinski definition) is 1. The molecule has 21 heavy (non-hydrogen) atoms. The number of hydrogen-bond acceptors (Lipinski definition) is 3. The van der Waals surface area contributed by atoms with Crippen LogP contribution in [0.5, 0.6) is 0 Å². The minimum atomic E-state index is -0.0460. The standard InChI is InChI=1S/C18H26N2O/c1-5-9-18(10-6-11-19-18)16-20-14-12-13(17(2,3)4)7-8-15(14)21-16/h7-8,12,19H,5-6,9-11H2,1-4H3. The lowest BCUT2D eigenvalue weighted by Gasteiger charge is -2.25. The third-order valence-electron chi connectivity index (χ3n) is 4.58. The maximum Gasteiger partial charge on any atom is 0.215 e. The van der Waals surface area contributed by atoms with Gasteiger partial charge in [-0.2, -0.15) is 0 Å². The SMILES string of the molecule is CCCC1(c2nc3cc(C(C)(C)C)ccc3o2)CCCN1. The lowest BCUT2D eigenvalue weighted by molar-refractivity contribution is 0.279. The predicted octanol–water partition coefficient (Wildman–Crippen LogP) is 4.50.